The Kier molecular flexibility index (Phi) is 6.20. The van der Waals surface area contributed by atoms with Crippen molar-refractivity contribution in [2.24, 2.45) is 0 Å². The lowest BCUT2D eigenvalue weighted by atomic mass is 10.1. The molecule has 0 bridgehead atoms. The number of ether oxygens (including phenoxy) is 1. The van der Waals surface area contributed by atoms with Crippen LogP contribution in [0.2, 0.25) is 0 Å². The fraction of sp³-hybridized carbons (Fsp3) is 0.562. The van der Waals surface area contributed by atoms with Gasteiger partial charge in [0.25, 0.3) is 5.91 Å². The average Bonchev–Trinajstić information content (AvgIpc) is 3.07. The second kappa shape index (κ2) is 7.96. The lowest BCUT2D eigenvalue weighted by molar-refractivity contribution is 0.0789. The van der Waals surface area contributed by atoms with Gasteiger partial charge in [-0.25, -0.2) is 13.1 Å². The van der Waals surface area contributed by atoms with E-state index < -0.39 is 10.0 Å². The maximum atomic E-state index is 12.6. The van der Waals surface area contributed by atoms with Crippen molar-refractivity contribution >= 4 is 15.9 Å². The third-order valence-corrected chi connectivity index (χ3v) is 5.41. The van der Waals surface area contributed by atoms with E-state index >= 15 is 0 Å². The summed E-state index contributed by atoms with van der Waals surface area (Å²) in [5.41, 5.74) is 0.287. The number of nitrogens with one attached hydrogen (secondary N) is 1. The zero-order valence-corrected chi connectivity index (χ0v) is 15.2. The van der Waals surface area contributed by atoms with Gasteiger partial charge in [-0.15, -0.1) is 0 Å². The van der Waals surface area contributed by atoms with Crippen LogP contribution in [-0.2, 0) is 10.0 Å². The van der Waals surface area contributed by atoms with E-state index in [1.54, 1.807) is 4.90 Å². The highest BCUT2D eigenvalue weighted by atomic mass is 32.2. The number of rotatable bonds is 7. The Hall–Kier alpha value is -1.64. The number of likely N-dealkylation sites (tertiary alicyclic amines) is 1. The highest BCUT2D eigenvalue weighted by molar-refractivity contribution is 7.89. The van der Waals surface area contributed by atoms with Gasteiger partial charge >= 0.3 is 0 Å². The van der Waals surface area contributed by atoms with Crippen molar-refractivity contribution in [3.05, 3.63) is 23.8 Å². The smallest absolute Gasteiger partial charge is 0.257 e. The minimum atomic E-state index is -3.66. The molecule has 0 radical (unpaired) electrons. The second-order valence-corrected chi connectivity index (χ2v) is 7.83. The molecule has 1 heterocycles. The van der Waals surface area contributed by atoms with Crippen molar-refractivity contribution in [1.29, 1.82) is 0 Å². The van der Waals surface area contributed by atoms with Crippen LogP contribution in [-0.4, -0.2) is 71.5 Å². The summed E-state index contributed by atoms with van der Waals surface area (Å²) in [7, 11) is 1.55. The fourth-order valence-corrected chi connectivity index (χ4v) is 3.65. The number of nitrogens with zero attached hydrogens (tertiary/aromatic N) is 2. The molecule has 0 saturated carbocycles. The number of carbonyl (C=O) groups is 1. The largest absolute Gasteiger partial charge is 0.496 e. The molecule has 1 aromatic rings. The fourth-order valence-electron chi connectivity index (χ4n) is 2.60. The zero-order chi connectivity index (χ0) is 17.7. The van der Waals surface area contributed by atoms with Crippen molar-refractivity contribution < 1.29 is 17.9 Å². The van der Waals surface area contributed by atoms with Gasteiger partial charge in [0.15, 0.2) is 0 Å². The summed E-state index contributed by atoms with van der Waals surface area (Å²) < 4.78 is 32.6. The van der Waals surface area contributed by atoms with Crippen molar-refractivity contribution in [2.45, 2.75) is 17.7 Å². The summed E-state index contributed by atoms with van der Waals surface area (Å²) in [6.07, 6.45) is 1.94. The number of benzene rings is 1. The van der Waals surface area contributed by atoms with Crippen LogP contribution in [0.4, 0.5) is 0 Å². The Morgan fingerprint density at radius 1 is 1.29 bits per heavy atom. The molecule has 24 heavy (non-hydrogen) atoms. The minimum Gasteiger partial charge on any atom is -0.496 e. The molecule has 8 heteroatoms. The Morgan fingerprint density at radius 2 is 1.96 bits per heavy atom. The van der Waals surface area contributed by atoms with E-state index in [1.165, 1.54) is 25.3 Å². The van der Waals surface area contributed by atoms with Crippen LogP contribution in [0.1, 0.15) is 23.2 Å². The Morgan fingerprint density at radius 3 is 2.54 bits per heavy atom. The van der Waals surface area contributed by atoms with Gasteiger partial charge in [0.1, 0.15) is 5.75 Å². The molecule has 1 aliphatic heterocycles. The monoisotopic (exact) mass is 355 g/mol. The first-order valence-corrected chi connectivity index (χ1v) is 9.45. The molecular weight excluding hydrogens is 330 g/mol. The number of likely N-dealkylation sites (N-methyl/N-ethyl adjacent to an activating group) is 1. The number of hydrogen-bond donors (Lipinski definition) is 1. The second-order valence-electron chi connectivity index (χ2n) is 6.06. The van der Waals surface area contributed by atoms with Crippen LogP contribution >= 0.6 is 0 Å². The number of sulfonamides is 1. The summed E-state index contributed by atoms with van der Waals surface area (Å²) in [4.78, 5) is 16.3. The summed E-state index contributed by atoms with van der Waals surface area (Å²) in [5.74, 6) is 0.203. The molecule has 1 fully saturated rings. The lowest BCUT2D eigenvalue weighted by Crippen LogP contribution is -2.32. The van der Waals surface area contributed by atoms with E-state index in [2.05, 4.69) is 4.72 Å². The van der Waals surface area contributed by atoms with Crippen LogP contribution < -0.4 is 9.46 Å². The quantitative estimate of drug-likeness (QED) is 0.782. The first-order valence-electron chi connectivity index (χ1n) is 7.97. The summed E-state index contributed by atoms with van der Waals surface area (Å²) >= 11 is 0. The third-order valence-electron chi connectivity index (χ3n) is 3.96. The van der Waals surface area contributed by atoms with Crippen LogP contribution in [0.5, 0.6) is 5.75 Å². The van der Waals surface area contributed by atoms with E-state index in [-0.39, 0.29) is 16.4 Å². The molecule has 0 atom stereocenters. The molecule has 0 spiro atoms. The zero-order valence-electron chi connectivity index (χ0n) is 14.4. The van der Waals surface area contributed by atoms with Gasteiger partial charge in [0, 0.05) is 26.2 Å². The molecule has 0 aliphatic carbocycles. The normalized spacial score (nSPS) is 15.1. The Labute approximate surface area is 143 Å². The van der Waals surface area contributed by atoms with E-state index in [4.69, 9.17) is 4.74 Å². The van der Waals surface area contributed by atoms with Crippen LogP contribution in [0, 0.1) is 0 Å². The number of carbonyl (C=O) groups excluding carboxylic acids is 1. The maximum absolute atomic E-state index is 12.6. The van der Waals surface area contributed by atoms with E-state index in [1.807, 2.05) is 19.0 Å². The van der Waals surface area contributed by atoms with Crippen molar-refractivity contribution in [3.8, 4) is 5.75 Å². The van der Waals surface area contributed by atoms with Crippen LogP contribution in [0.3, 0.4) is 0 Å². The first-order chi connectivity index (χ1) is 11.3. The lowest BCUT2D eigenvalue weighted by Gasteiger charge is -2.18. The summed E-state index contributed by atoms with van der Waals surface area (Å²) in [6.45, 7) is 2.28. The molecule has 1 saturated heterocycles. The van der Waals surface area contributed by atoms with E-state index in [9.17, 15) is 13.2 Å². The molecule has 1 N–H and O–H groups in total. The minimum absolute atomic E-state index is 0.0737. The molecule has 2 rings (SSSR count). The Balaban J connectivity index is 2.25. The summed E-state index contributed by atoms with van der Waals surface area (Å²) in [6, 6.07) is 4.39. The molecule has 7 nitrogen and oxygen atoms in total. The molecule has 1 aliphatic rings. The molecule has 0 aromatic heterocycles. The Bertz CT molecular complexity index is 683. The standard InChI is InChI=1S/C16H25N3O4S/c1-18(2)11-8-17-24(21,22)13-6-7-15(23-3)14(12-13)16(20)19-9-4-5-10-19/h6-7,12,17H,4-5,8-11H2,1-3H3. The highest BCUT2D eigenvalue weighted by Crippen LogP contribution is 2.25. The predicted octanol–water partition coefficient (Wildman–Crippen LogP) is 0.771. The van der Waals surface area contributed by atoms with Gasteiger partial charge in [0.05, 0.1) is 17.6 Å². The van der Waals surface area contributed by atoms with E-state index in [0.29, 0.717) is 31.9 Å². The molecule has 134 valence electrons. The molecular formula is C16H25N3O4S. The van der Waals surface area contributed by atoms with Gasteiger partial charge in [-0.1, -0.05) is 0 Å². The van der Waals surface area contributed by atoms with Gasteiger partial charge in [0.2, 0.25) is 10.0 Å². The maximum Gasteiger partial charge on any atom is 0.257 e. The van der Waals surface area contributed by atoms with Crippen molar-refractivity contribution in [2.75, 3.05) is 47.4 Å². The van der Waals surface area contributed by atoms with Gasteiger partial charge in [-0.3, -0.25) is 4.79 Å². The molecule has 1 amide bonds. The molecule has 1 aromatic carbocycles. The number of methoxy groups -OCH3 is 1. The molecule has 0 unspecified atom stereocenters. The van der Waals surface area contributed by atoms with Gasteiger partial charge in [-0.2, -0.15) is 0 Å². The highest BCUT2D eigenvalue weighted by Gasteiger charge is 2.25. The van der Waals surface area contributed by atoms with Gasteiger partial charge in [-0.05, 0) is 45.1 Å². The summed E-state index contributed by atoms with van der Waals surface area (Å²) in [5, 5.41) is 0. The van der Waals surface area contributed by atoms with Crippen LogP contribution in [0.25, 0.3) is 0 Å². The third kappa shape index (κ3) is 4.46. The number of hydrogen-bond acceptors (Lipinski definition) is 5. The SMILES string of the molecule is COc1ccc(S(=O)(=O)NCCN(C)C)cc1C(=O)N1CCCC1. The number of amides is 1. The van der Waals surface area contributed by atoms with Crippen LogP contribution in [0.15, 0.2) is 23.1 Å². The van der Waals surface area contributed by atoms with E-state index in [0.717, 1.165) is 12.8 Å². The topological polar surface area (TPSA) is 79.0 Å². The van der Waals surface area contributed by atoms with Gasteiger partial charge < -0.3 is 14.5 Å². The first kappa shape index (κ1) is 18.7. The van der Waals surface area contributed by atoms with Crippen molar-refractivity contribution in [3.63, 3.8) is 0 Å². The van der Waals surface area contributed by atoms with Crippen molar-refractivity contribution in [1.82, 2.24) is 14.5 Å². The average molecular weight is 355 g/mol. The predicted molar refractivity (Wildman–Crippen MR) is 91.9 cm³/mol.